The maximum absolute atomic E-state index is 2.38. The van der Waals surface area contributed by atoms with Gasteiger partial charge < -0.3 is 9.80 Å². The molecule has 0 spiro atoms. The van der Waals surface area contributed by atoms with Crippen molar-refractivity contribution in [1.29, 1.82) is 0 Å². The zero-order valence-corrected chi connectivity index (χ0v) is 37.1. The number of rotatable bonds is 11. The summed E-state index contributed by atoms with van der Waals surface area (Å²) in [5, 5.41) is 0. The Morgan fingerprint density at radius 2 is 0.712 bits per heavy atom. The van der Waals surface area contributed by atoms with Crippen molar-refractivity contribution in [3.63, 3.8) is 0 Å². The molecule has 0 bridgehead atoms. The number of nitrogens with zero attached hydrogens (tertiary/aromatic N) is 2. The first kappa shape index (κ1) is 41.5. The number of hydrogen-bond donors (Lipinski definition) is 0. The lowest BCUT2D eigenvalue weighted by Gasteiger charge is -2.28. The Balaban J connectivity index is 1.05. The predicted octanol–water partition coefficient (Wildman–Crippen LogP) is 18.1. The number of benzene rings is 9. The highest BCUT2D eigenvalue weighted by Gasteiger charge is 2.19. The normalized spacial score (nSPS) is 14.6. The molecule has 0 radical (unpaired) electrons. The van der Waals surface area contributed by atoms with Gasteiger partial charge in [-0.2, -0.15) is 0 Å². The highest BCUT2D eigenvalue weighted by atomic mass is 15.1. The van der Waals surface area contributed by atoms with Crippen molar-refractivity contribution in [2.75, 3.05) is 9.80 Å². The molecule has 0 unspecified atom stereocenters. The summed E-state index contributed by atoms with van der Waals surface area (Å²) < 4.78 is 0. The Bertz CT molecular complexity index is 3150. The van der Waals surface area contributed by atoms with Gasteiger partial charge in [0, 0.05) is 34.1 Å². The van der Waals surface area contributed by atoms with Crippen LogP contribution in [0.5, 0.6) is 0 Å². The summed E-state index contributed by atoms with van der Waals surface area (Å²) in [5.41, 5.74) is 19.6. The quantitative estimate of drug-likeness (QED) is 0.128. The van der Waals surface area contributed by atoms with Crippen molar-refractivity contribution in [3.8, 4) is 44.5 Å². The van der Waals surface area contributed by atoms with Gasteiger partial charge in [-0.3, -0.25) is 0 Å². The van der Waals surface area contributed by atoms with Crippen LogP contribution in [-0.4, -0.2) is 0 Å². The van der Waals surface area contributed by atoms with Crippen LogP contribution in [-0.2, 0) is 0 Å². The van der Waals surface area contributed by atoms with Crippen LogP contribution >= 0.6 is 0 Å². The van der Waals surface area contributed by atoms with Crippen LogP contribution in [0, 0.1) is 0 Å². The molecular formula is C64H50N2. The van der Waals surface area contributed by atoms with Crippen LogP contribution in [0.15, 0.2) is 279 Å². The third-order valence-electron chi connectivity index (χ3n) is 12.3. The molecule has 0 N–H and O–H groups in total. The van der Waals surface area contributed by atoms with Gasteiger partial charge in [0.05, 0.1) is 0 Å². The molecule has 9 aromatic carbocycles. The lowest BCUT2D eigenvalue weighted by atomic mass is 9.93. The van der Waals surface area contributed by atoms with E-state index in [4.69, 9.17) is 0 Å². The first-order valence-electron chi connectivity index (χ1n) is 22.8. The Labute approximate surface area is 389 Å². The fourth-order valence-corrected chi connectivity index (χ4v) is 8.92. The van der Waals surface area contributed by atoms with Crippen molar-refractivity contribution in [2.24, 2.45) is 0 Å². The molecule has 1 aliphatic rings. The molecule has 1 aliphatic carbocycles. The van der Waals surface area contributed by atoms with Gasteiger partial charge in [-0.1, -0.05) is 200 Å². The fraction of sp³-hybridized carbons (Fsp3) is 0.0312. The summed E-state index contributed by atoms with van der Waals surface area (Å²) in [4.78, 5) is 4.70. The van der Waals surface area contributed by atoms with Crippen LogP contribution in [0.4, 0.5) is 34.1 Å². The fourth-order valence-electron chi connectivity index (χ4n) is 8.92. The van der Waals surface area contributed by atoms with Crippen LogP contribution in [0.25, 0.3) is 50.1 Å². The second-order valence-electron chi connectivity index (χ2n) is 16.4. The maximum atomic E-state index is 2.38. The second kappa shape index (κ2) is 19.5. The molecule has 10 rings (SSSR count). The van der Waals surface area contributed by atoms with Gasteiger partial charge in [0.2, 0.25) is 0 Å². The SMILES string of the molecule is C/C=C1\C=C/C/C=C/C=C\1c1ccc(N(c2ccc(-c3ccccc3)cc2)c2ccc(-c3ccc(N(c4ccccc4)c4ccc(-c5ccccc5)cc4)cc3)c(-c3ccccc3)c2)cc1. The van der Waals surface area contributed by atoms with Crippen LogP contribution in [0.2, 0.25) is 0 Å². The van der Waals surface area contributed by atoms with Crippen LogP contribution in [0.1, 0.15) is 18.9 Å². The molecule has 0 saturated heterocycles. The van der Waals surface area contributed by atoms with Crippen molar-refractivity contribution >= 4 is 39.7 Å². The Morgan fingerprint density at radius 1 is 0.333 bits per heavy atom. The molecule has 66 heavy (non-hydrogen) atoms. The molecule has 2 nitrogen and oxygen atoms in total. The van der Waals surface area contributed by atoms with Gasteiger partial charge >= 0.3 is 0 Å². The summed E-state index contributed by atoms with van der Waals surface area (Å²) in [7, 11) is 0. The summed E-state index contributed by atoms with van der Waals surface area (Å²) in [5.74, 6) is 0. The van der Waals surface area contributed by atoms with E-state index >= 15 is 0 Å². The van der Waals surface area contributed by atoms with E-state index in [1.54, 1.807) is 0 Å². The number of allylic oxidation sites excluding steroid dienone is 8. The predicted molar refractivity (Wildman–Crippen MR) is 282 cm³/mol. The standard InChI is InChI=1S/C64H50N2/c1-2-48-19-9-3-4-18-28-62(48)54-33-41-60(42-34-54)66(59-39-31-52(32-40-59)50-22-12-6-13-23-50)61-45-46-63(64(47-61)53-24-14-7-15-25-53)55-35-43-58(44-36-55)65(56-26-16-8-17-27-56)57-37-29-51(30-38-57)49-20-10-5-11-21-49/h2,4-47H,3H2,1H3/b18-4+,19-9-,48-2+,62-28+. The summed E-state index contributed by atoms with van der Waals surface area (Å²) in [6, 6.07) is 85.2. The summed E-state index contributed by atoms with van der Waals surface area (Å²) in [6.45, 7) is 2.11. The zero-order valence-electron chi connectivity index (χ0n) is 37.1. The molecule has 2 heteroatoms. The van der Waals surface area contributed by atoms with E-state index in [1.165, 1.54) is 44.5 Å². The Morgan fingerprint density at radius 3 is 1.21 bits per heavy atom. The minimum Gasteiger partial charge on any atom is -0.311 e. The zero-order chi connectivity index (χ0) is 44.5. The van der Waals surface area contributed by atoms with E-state index in [1.807, 2.05) is 0 Å². The summed E-state index contributed by atoms with van der Waals surface area (Å²) >= 11 is 0. The van der Waals surface area contributed by atoms with Gasteiger partial charge in [-0.05, 0) is 147 Å². The largest absolute Gasteiger partial charge is 0.311 e. The first-order valence-corrected chi connectivity index (χ1v) is 22.8. The molecule has 316 valence electrons. The molecule has 0 aromatic heterocycles. The van der Waals surface area contributed by atoms with Crippen molar-refractivity contribution < 1.29 is 0 Å². The van der Waals surface area contributed by atoms with Gasteiger partial charge in [-0.15, -0.1) is 0 Å². The van der Waals surface area contributed by atoms with Crippen molar-refractivity contribution in [3.05, 3.63) is 284 Å². The number of anilines is 6. The van der Waals surface area contributed by atoms with E-state index < -0.39 is 0 Å². The number of para-hydroxylation sites is 1. The van der Waals surface area contributed by atoms with Crippen LogP contribution in [0.3, 0.4) is 0 Å². The molecule has 0 fully saturated rings. The van der Waals surface area contributed by atoms with E-state index in [2.05, 4.69) is 290 Å². The van der Waals surface area contributed by atoms with Crippen molar-refractivity contribution in [1.82, 2.24) is 0 Å². The molecule has 0 saturated carbocycles. The molecule has 0 heterocycles. The maximum Gasteiger partial charge on any atom is 0.0468 e. The van der Waals surface area contributed by atoms with Gasteiger partial charge in [-0.25, -0.2) is 0 Å². The second-order valence-corrected chi connectivity index (χ2v) is 16.4. The molecule has 9 aromatic rings. The Kier molecular flexibility index (Phi) is 12.3. The lowest BCUT2D eigenvalue weighted by molar-refractivity contribution is 1.28. The van der Waals surface area contributed by atoms with Crippen LogP contribution < -0.4 is 9.80 Å². The van der Waals surface area contributed by atoms with E-state index in [0.29, 0.717) is 0 Å². The highest BCUT2D eigenvalue weighted by Crippen LogP contribution is 2.43. The van der Waals surface area contributed by atoms with Gasteiger partial charge in [0.1, 0.15) is 0 Å². The number of hydrogen-bond acceptors (Lipinski definition) is 2. The smallest absolute Gasteiger partial charge is 0.0468 e. The molecule has 0 amide bonds. The molecular weight excluding hydrogens is 797 g/mol. The van der Waals surface area contributed by atoms with Gasteiger partial charge in [0.25, 0.3) is 0 Å². The monoisotopic (exact) mass is 846 g/mol. The third-order valence-corrected chi connectivity index (χ3v) is 12.3. The average Bonchev–Trinajstić information content (AvgIpc) is 3.39. The topological polar surface area (TPSA) is 6.48 Å². The van der Waals surface area contributed by atoms with E-state index in [-0.39, 0.29) is 0 Å². The third kappa shape index (κ3) is 8.99. The summed E-state index contributed by atoms with van der Waals surface area (Å²) in [6.07, 6.45) is 14.2. The van der Waals surface area contributed by atoms with Gasteiger partial charge in [0.15, 0.2) is 0 Å². The molecule has 0 atom stereocenters. The minimum atomic E-state index is 0.935. The van der Waals surface area contributed by atoms with E-state index in [0.717, 1.165) is 57.2 Å². The van der Waals surface area contributed by atoms with Crippen molar-refractivity contribution in [2.45, 2.75) is 13.3 Å². The first-order chi connectivity index (χ1) is 32.7. The average molecular weight is 847 g/mol. The highest BCUT2D eigenvalue weighted by molar-refractivity contribution is 5.91. The molecule has 0 aliphatic heterocycles. The van der Waals surface area contributed by atoms with E-state index in [9.17, 15) is 0 Å². The minimum absolute atomic E-state index is 0.935. The Hall–Kier alpha value is -8.46. The lowest BCUT2D eigenvalue weighted by Crippen LogP contribution is -2.10.